The fourth-order valence-electron chi connectivity index (χ4n) is 1.89. The van der Waals surface area contributed by atoms with Crippen LogP contribution in [0.25, 0.3) is 0 Å². The average molecular weight is 354 g/mol. The summed E-state index contributed by atoms with van der Waals surface area (Å²) in [6, 6.07) is 13.6. The maximum atomic E-state index is 14.0. The third kappa shape index (κ3) is 3.12. The number of hydrogen-bond acceptors (Lipinski definition) is 2. The Morgan fingerprint density at radius 2 is 2.05 bits per heavy atom. The number of hydrogen-bond donors (Lipinski definition) is 1. The number of nitriles is 1. The topological polar surface area (TPSA) is 35.8 Å². The van der Waals surface area contributed by atoms with Crippen LogP contribution in [0, 0.1) is 17.1 Å². The Kier molecular flexibility index (Phi) is 4.32. The van der Waals surface area contributed by atoms with Gasteiger partial charge in [-0.1, -0.05) is 33.6 Å². The Balaban J connectivity index is 2.44. The summed E-state index contributed by atoms with van der Waals surface area (Å²) in [7, 11) is 0. The highest BCUT2D eigenvalue weighted by Crippen LogP contribution is 2.30. The van der Waals surface area contributed by atoms with Crippen LogP contribution in [0.15, 0.2) is 46.9 Å². The van der Waals surface area contributed by atoms with Crippen LogP contribution in [0.4, 0.5) is 10.1 Å². The molecule has 2 nitrogen and oxygen atoms in total. The normalized spacial score (nSPS) is 13.3. The number of anilines is 1. The minimum atomic E-state index is -1.20. The van der Waals surface area contributed by atoms with Gasteiger partial charge in [-0.25, -0.2) is 4.39 Å². The lowest BCUT2D eigenvalue weighted by atomic mass is 9.92. The van der Waals surface area contributed by atoms with Gasteiger partial charge in [0.05, 0.1) is 6.07 Å². The van der Waals surface area contributed by atoms with E-state index in [0.717, 1.165) is 0 Å². The molecule has 2 aromatic carbocycles. The first-order valence-corrected chi connectivity index (χ1v) is 7.02. The minimum Gasteiger partial charge on any atom is -0.364 e. The molecule has 0 spiro atoms. The van der Waals surface area contributed by atoms with Crippen molar-refractivity contribution in [2.24, 2.45) is 0 Å². The van der Waals surface area contributed by atoms with E-state index in [1.54, 1.807) is 43.3 Å². The first-order valence-electron chi connectivity index (χ1n) is 5.85. The van der Waals surface area contributed by atoms with Crippen LogP contribution in [-0.2, 0) is 5.54 Å². The van der Waals surface area contributed by atoms with E-state index in [4.69, 9.17) is 11.6 Å². The average Bonchev–Trinajstić information content (AvgIpc) is 2.41. The smallest absolute Gasteiger partial charge is 0.151 e. The molecule has 1 atom stereocenters. The second-order valence-corrected chi connectivity index (χ2v) is 5.85. The molecule has 1 N–H and O–H groups in total. The summed E-state index contributed by atoms with van der Waals surface area (Å²) in [4.78, 5) is 0. The Labute approximate surface area is 130 Å². The summed E-state index contributed by atoms with van der Waals surface area (Å²) in [6.45, 7) is 1.62. The van der Waals surface area contributed by atoms with Gasteiger partial charge < -0.3 is 5.32 Å². The highest BCUT2D eigenvalue weighted by atomic mass is 79.9. The monoisotopic (exact) mass is 352 g/mol. The zero-order valence-corrected chi connectivity index (χ0v) is 13.0. The molecule has 0 saturated carbocycles. The highest BCUT2D eigenvalue weighted by Gasteiger charge is 2.29. The van der Waals surface area contributed by atoms with Crippen LogP contribution >= 0.6 is 27.5 Å². The molecular weight excluding hydrogens is 343 g/mol. The Morgan fingerprint density at radius 1 is 1.30 bits per heavy atom. The van der Waals surface area contributed by atoms with Gasteiger partial charge in [-0.3, -0.25) is 0 Å². The van der Waals surface area contributed by atoms with Gasteiger partial charge in [0.25, 0.3) is 0 Å². The molecule has 0 bridgehead atoms. The molecule has 2 aromatic rings. The van der Waals surface area contributed by atoms with E-state index < -0.39 is 11.4 Å². The zero-order chi connectivity index (χ0) is 14.8. The SMILES string of the molecule is CC(C#N)(Nc1cccc(Cl)c1)c1cc(Br)ccc1F. The van der Waals surface area contributed by atoms with E-state index in [1.807, 2.05) is 0 Å². The van der Waals surface area contributed by atoms with E-state index >= 15 is 0 Å². The van der Waals surface area contributed by atoms with Crippen molar-refractivity contribution in [3.05, 3.63) is 63.3 Å². The van der Waals surface area contributed by atoms with Crippen molar-refractivity contribution >= 4 is 33.2 Å². The molecule has 0 heterocycles. The number of nitrogens with zero attached hydrogens (tertiary/aromatic N) is 1. The summed E-state index contributed by atoms with van der Waals surface area (Å²) >= 11 is 9.20. The fraction of sp³-hybridized carbons (Fsp3) is 0.133. The third-order valence-corrected chi connectivity index (χ3v) is 3.64. The van der Waals surface area contributed by atoms with Gasteiger partial charge in [0.15, 0.2) is 5.54 Å². The highest BCUT2D eigenvalue weighted by molar-refractivity contribution is 9.10. The Bertz CT molecular complexity index is 684. The molecule has 102 valence electrons. The van der Waals surface area contributed by atoms with Crippen LogP contribution < -0.4 is 5.32 Å². The van der Waals surface area contributed by atoms with Gasteiger partial charge >= 0.3 is 0 Å². The molecule has 0 saturated heterocycles. The lowest BCUT2D eigenvalue weighted by Crippen LogP contribution is -2.31. The molecule has 0 radical (unpaired) electrons. The summed E-state index contributed by atoms with van der Waals surface area (Å²) in [6.07, 6.45) is 0. The van der Waals surface area contributed by atoms with Gasteiger partial charge in [-0.15, -0.1) is 0 Å². The van der Waals surface area contributed by atoms with E-state index in [1.165, 1.54) is 6.07 Å². The Hall–Kier alpha value is -1.57. The van der Waals surface area contributed by atoms with Crippen molar-refractivity contribution in [1.82, 2.24) is 0 Å². The lowest BCUT2D eigenvalue weighted by Gasteiger charge is -2.25. The molecule has 0 aliphatic rings. The summed E-state index contributed by atoms with van der Waals surface area (Å²) in [5.74, 6) is -0.438. The van der Waals surface area contributed by atoms with E-state index in [0.29, 0.717) is 15.2 Å². The molecule has 1 unspecified atom stereocenters. The van der Waals surface area contributed by atoms with Gasteiger partial charge in [0, 0.05) is 20.7 Å². The molecule has 20 heavy (non-hydrogen) atoms. The molecule has 0 amide bonds. The first-order chi connectivity index (χ1) is 9.44. The lowest BCUT2D eigenvalue weighted by molar-refractivity contribution is 0.570. The summed E-state index contributed by atoms with van der Waals surface area (Å²) < 4.78 is 14.7. The second-order valence-electron chi connectivity index (χ2n) is 4.50. The standard InChI is InChI=1S/C15H11BrClFN2/c1-15(9-19,13-7-10(16)5-6-14(13)18)20-12-4-2-3-11(17)8-12/h2-8,20H,1H3. The predicted octanol–water partition coefficient (Wildman–Crippen LogP) is 5.09. The number of rotatable bonds is 3. The maximum Gasteiger partial charge on any atom is 0.151 e. The second kappa shape index (κ2) is 5.82. The first kappa shape index (κ1) is 14.8. The quantitative estimate of drug-likeness (QED) is 0.834. The maximum absolute atomic E-state index is 14.0. The molecule has 0 fully saturated rings. The van der Waals surface area contributed by atoms with Gasteiger partial charge in [-0.2, -0.15) is 5.26 Å². The van der Waals surface area contributed by atoms with Gasteiger partial charge in [-0.05, 0) is 43.3 Å². The third-order valence-electron chi connectivity index (χ3n) is 2.91. The van der Waals surface area contributed by atoms with Crippen LogP contribution in [-0.4, -0.2) is 0 Å². The molecule has 0 aliphatic heterocycles. The predicted molar refractivity (Wildman–Crippen MR) is 82.1 cm³/mol. The number of halogens is 3. The van der Waals surface area contributed by atoms with Crippen LogP contribution in [0.3, 0.4) is 0 Å². The molecule has 5 heteroatoms. The van der Waals surface area contributed by atoms with Crippen molar-refractivity contribution < 1.29 is 4.39 Å². The van der Waals surface area contributed by atoms with E-state index in [9.17, 15) is 9.65 Å². The fourth-order valence-corrected chi connectivity index (χ4v) is 2.44. The van der Waals surface area contributed by atoms with Crippen molar-refractivity contribution in [3.63, 3.8) is 0 Å². The number of nitrogens with one attached hydrogen (secondary N) is 1. The van der Waals surface area contributed by atoms with Gasteiger partial charge in [0.1, 0.15) is 5.82 Å². The van der Waals surface area contributed by atoms with E-state index in [2.05, 4.69) is 27.3 Å². The van der Waals surface area contributed by atoms with E-state index in [-0.39, 0.29) is 5.56 Å². The van der Waals surface area contributed by atoms with Crippen LogP contribution in [0.5, 0.6) is 0 Å². The summed E-state index contributed by atoms with van der Waals surface area (Å²) in [5, 5.41) is 13.0. The number of benzene rings is 2. The van der Waals surface area contributed by atoms with Crippen molar-refractivity contribution in [2.75, 3.05) is 5.32 Å². The van der Waals surface area contributed by atoms with Crippen molar-refractivity contribution in [1.29, 1.82) is 5.26 Å². The van der Waals surface area contributed by atoms with Crippen molar-refractivity contribution in [2.45, 2.75) is 12.5 Å². The van der Waals surface area contributed by atoms with Crippen LogP contribution in [0.2, 0.25) is 5.02 Å². The molecular formula is C15H11BrClFN2. The van der Waals surface area contributed by atoms with Gasteiger partial charge in [0.2, 0.25) is 0 Å². The summed E-state index contributed by atoms with van der Waals surface area (Å²) in [5.41, 5.74) is -0.270. The molecule has 0 aliphatic carbocycles. The Morgan fingerprint density at radius 3 is 2.70 bits per heavy atom. The largest absolute Gasteiger partial charge is 0.364 e. The van der Waals surface area contributed by atoms with Crippen molar-refractivity contribution in [3.8, 4) is 6.07 Å². The molecule has 0 aromatic heterocycles. The zero-order valence-electron chi connectivity index (χ0n) is 10.6. The molecule has 2 rings (SSSR count). The van der Waals surface area contributed by atoms with Crippen LogP contribution in [0.1, 0.15) is 12.5 Å². The minimum absolute atomic E-state index is 0.273.